The van der Waals surface area contributed by atoms with Crippen LogP contribution in [0.25, 0.3) is 39.0 Å². The van der Waals surface area contributed by atoms with Crippen LogP contribution in [-0.4, -0.2) is 29.8 Å². The van der Waals surface area contributed by atoms with Crippen molar-refractivity contribution in [1.82, 2.24) is 29.8 Å². The van der Waals surface area contributed by atoms with Gasteiger partial charge >= 0.3 is 0 Å². The molecule has 0 bridgehead atoms. The summed E-state index contributed by atoms with van der Waals surface area (Å²) in [6, 6.07) is 35.3. The number of nitrogens with zero attached hydrogens (tertiary/aromatic N) is 7. The predicted molar refractivity (Wildman–Crippen MR) is 169 cm³/mol. The molecule has 3 aromatic heterocycles. The minimum Gasteiger partial charge on any atom is -0.457 e. The van der Waals surface area contributed by atoms with E-state index in [2.05, 4.69) is 112 Å². The highest BCUT2D eigenvalue weighted by Crippen LogP contribution is 2.40. The largest absolute Gasteiger partial charge is 0.457 e. The third-order valence-corrected chi connectivity index (χ3v) is 8.09. The van der Waals surface area contributed by atoms with E-state index in [0.717, 1.165) is 56.5 Å². The number of pyridine rings is 1. The summed E-state index contributed by atoms with van der Waals surface area (Å²) < 4.78 is 10.6. The van der Waals surface area contributed by atoms with Gasteiger partial charge in [-0.15, -0.1) is 5.10 Å². The molecule has 0 spiro atoms. The van der Waals surface area contributed by atoms with Gasteiger partial charge in [0.15, 0.2) is 5.82 Å². The number of tetrazole rings is 1. The molecule has 8 rings (SSSR count). The van der Waals surface area contributed by atoms with Crippen molar-refractivity contribution in [3.05, 3.63) is 115 Å². The molecular formula is C35H29N7O. The van der Waals surface area contributed by atoms with E-state index >= 15 is 0 Å². The van der Waals surface area contributed by atoms with Crippen LogP contribution in [0, 0.1) is 0 Å². The van der Waals surface area contributed by atoms with Crippen molar-refractivity contribution in [2.75, 3.05) is 4.90 Å². The van der Waals surface area contributed by atoms with Gasteiger partial charge in [0, 0.05) is 40.4 Å². The van der Waals surface area contributed by atoms with Gasteiger partial charge in [-0.1, -0.05) is 57.2 Å². The Bertz CT molecular complexity index is 2150. The Labute approximate surface area is 248 Å². The number of ether oxygens (including phenoxy) is 1. The number of anilines is 2. The average Bonchev–Trinajstić information content (AvgIpc) is 3.63. The first-order valence-corrected chi connectivity index (χ1v) is 14.4. The maximum atomic E-state index is 6.52. The number of aromatic nitrogens is 6. The number of fused-ring (bicyclic) bond motifs is 6. The van der Waals surface area contributed by atoms with Crippen LogP contribution in [0.5, 0.6) is 11.5 Å². The van der Waals surface area contributed by atoms with Crippen molar-refractivity contribution < 1.29 is 4.74 Å². The molecule has 210 valence electrons. The Kier molecular flexibility index (Phi) is 5.59. The molecular weight excluding hydrogens is 534 g/mol. The summed E-state index contributed by atoms with van der Waals surface area (Å²) in [5.41, 5.74) is 6.44. The molecule has 0 amide bonds. The van der Waals surface area contributed by atoms with E-state index in [4.69, 9.17) is 9.72 Å². The summed E-state index contributed by atoms with van der Waals surface area (Å²) >= 11 is 0. The van der Waals surface area contributed by atoms with Crippen LogP contribution in [0.3, 0.4) is 0 Å². The lowest BCUT2D eigenvalue weighted by Crippen LogP contribution is -2.27. The van der Waals surface area contributed by atoms with E-state index in [1.807, 2.05) is 47.3 Å². The monoisotopic (exact) mass is 563 g/mol. The second-order valence-electron chi connectivity index (χ2n) is 11.9. The molecule has 1 aliphatic heterocycles. The van der Waals surface area contributed by atoms with Gasteiger partial charge in [-0.05, 0) is 76.0 Å². The van der Waals surface area contributed by atoms with Crippen molar-refractivity contribution in [2.24, 2.45) is 0 Å². The first kappa shape index (κ1) is 25.2. The summed E-state index contributed by atoms with van der Waals surface area (Å²) in [7, 11) is 0. The van der Waals surface area contributed by atoms with Crippen LogP contribution in [0.2, 0.25) is 0 Å². The van der Waals surface area contributed by atoms with Crippen molar-refractivity contribution >= 4 is 33.2 Å². The van der Waals surface area contributed by atoms with E-state index in [0.29, 0.717) is 6.67 Å². The highest BCUT2D eigenvalue weighted by atomic mass is 16.5. The van der Waals surface area contributed by atoms with E-state index in [1.165, 1.54) is 10.9 Å². The van der Waals surface area contributed by atoms with Gasteiger partial charge in [-0.25, -0.2) is 9.67 Å². The van der Waals surface area contributed by atoms with Crippen LogP contribution < -0.4 is 9.64 Å². The van der Waals surface area contributed by atoms with Gasteiger partial charge < -0.3 is 9.64 Å². The van der Waals surface area contributed by atoms with Crippen molar-refractivity contribution in [3.8, 4) is 28.7 Å². The number of benzene rings is 4. The van der Waals surface area contributed by atoms with Crippen molar-refractivity contribution in [2.45, 2.75) is 32.9 Å². The smallest absolute Gasteiger partial charge is 0.185 e. The molecule has 4 heterocycles. The molecule has 8 heteroatoms. The fourth-order valence-electron chi connectivity index (χ4n) is 5.94. The molecule has 0 radical (unpaired) electrons. The maximum Gasteiger partial charge on any atom is 0.185 e. The van der Waals surface area contributed by atoms with E-state index < -0.39 is 0 Å². The van der Waals surface area contributed by atoms with Crippen molar-refractivity contribution in [1.29, 1.82) is 0 Å². The summed E-state index contributed by atoms with van der Waals surface area (Å²) in [4.78, 5) is 7.00. The maximum absolute atomic E-state index is 6.52. The zero-order chi connectivity index (χ0) is 29.1. The lowest BCUT2D eigenvalue weighted by molar-refractivity contribution is 0.483. The van der Waals surface area contributed by atoms with Crippen LogP contribution in [0.15, 0.2) is 109 Å². The molecule has 0 N–H and O–H groups in total. The van der Waals surface area contributed by atoms with E-state index in [-0.39, 0.29) is 5.41 Å². The van der Waals surface area contributed by atoms with Crippen molar-refractivity contribution in [3.63, 3.8) is 0 Å². The molecule has 8 nitrogen and oxygen atoms in total. The number of hydrogen-bond donors (Lipinski definition) is 0. The van der Waals surface area contributed by atoms with Gasteiger partial charge in [0.2, 0.25) is 0 Å². The van der Waals surface area contributed by atoms with E-state index in [1.54, 1.807) is 0 Å². The zero-order valence-corrected chi connectivity index (χ0v) is 24.1. The second-order valence-corrected chi connectivity index (χ2v) is 11.9. The third-order valence-electron chi connectivity index (χ3n) is 8.09. The van der Waals surface area contributed by atoms with E-state index in [9.17, 15) is 0 Å². The molecule has 0 aliphatic carbocycles. The lowest BCUT2D eigenvalue weighted by Gasteiger charge is -2.30. The Morgan fingerprint density at radius 3 is 2.47 bits per heavy atom. The van der Waals surface area contributed by atoms with Crippen LogP contribution >= 0.6 is 0 Å². The summed E-state index contributed by atoms with van der Waals surface area (Å²) in [5, 5.41) is 14.7. The minimum atomic E-state index is 0.0105. The summed E-state index contributed by atoms with van der Waals surface area (Å²) in [5.74, 6) is 3.16. The molecule has 0 atom stereocenters. The summed E-state index contributed by atoms with van der Waals surface area (Å²) in [6.45, 7) is 7.18. The number of rotatable bonds is 4. The number of para-hydroxylation sites is 2. The molecule has 0 saturated carbocycles. The fraction of sp³-hybridized carbons (Fsp3) is 0.143. The highest BCUT2D eigenvalue weighted by Gasteiger charge is 2.25. The normalized spacial score (nSPS) is 12.9. The quantitative estimate of drug-likeness (QED) is 0.216. The van der Waals surface area contributed by atoms with Gasteiger partial charge in [-0.2, -0.15) is 0 Å². The molecule has 43 heavy (non-hydrogen) atoms. The first-order valence-electron chi connectivity index (χ1n) is 14.4. The lowest BCUT2D eigenvalue weighted by atomic mass is 9.88. The molecule has 7 aromatic rings. The zero-order valence-electron chi connectivity index (χ0n) is 24.1. The summed E-state index contributed by atoms with van der Waals surface area (Å²) in [6.07, 6.45) is 1.90. The van der Waals surface area contributed by atoms with Crippen LogP contribution in [-0.2, 0) is 12.1 Å². The van der Waals surface area contributed by atoms with Gasteiger partial charge in [0.25, 0.3) is 0 Å². The van der Waals surface area contributed by atoms with Crippen LogP contribution in [0.1, 0.15) is 26.3 Å². The first-order chi connectivity index (χ1) is 20.9. The predicted octanol–water partition coefficient (Wildman–Crippen LogP) is 8.03. The molecule has 0 saturated heterocycles. The Balaban J connectivity index is 1.19. The van der Waals surface area contributed by atoms with Gasteiger partial charge in [-0.3, -0.25) is 4.57 Å². The fourth-order valence-corrected chi connectivity index (χ4v) is 5.94. The van der Waals surface area contributed by atoms with Crippen LogP contribution in [0.4, 0.5) is 11.4 Å². The number of hydrogen-bond acceptors (Lipinski definition) is 6. The minimum absolute atomic E-state index is 0.0105. The Hall–Kier alpha value is -5.50. The Morgan fingerprint density at radius 2 is 1.56 bits per heavy atom. The average molecular weight is 564 g/mol. The topological polar surface area (TPSA) is 73.9 Å². The molecule has 1 aliphatic rings. The van der Waals surface area contributed by atoms with Gasteiger partial charge in [0.05, 0.1) is 16.7 Å². The molecule has 0 unspecified atom stereocenters. The SMILES string of the molecule is CC(C)(C)c1ccnc(-n2c3ccccc3c3ccc(Oc4cccc(N5Cn6nnnc6-c6ccccc65)c4)cc32)c1. The van der Waals surface area contributed by atoms with Gasteiger partial charge in [0.1, 0.15) is 24.0 Å². The second kappa shape index (κ2) is 9.52. The third kappa shape index (κ3) is 4.22. The molecule has 0 fully saturated rings. The Morgan fingerprint density at radius 1 is 0.744 bits per heavy atom. The molecule has 4 aromatic carbocycles. The standard InChI is InChI=1S/C35H29N7O/c1-35(2,3)23-17-18-36-33(19-23)42-31-14-7-4-11-27(31)28-16-15-26(21-32(28)42)43-25-10-8-9-24(20-25)40-22-41-34(37-38-39-41)29-12-5-6-13-30(29)40/h4-21H,22H2,1-3H3. The highest BCUT2D eigenvalue weighted by molar-refractivity contribution is 6.09.